The Morgan fingerprint density at radius 2 is 1.92 bits per heavy atom. The van der Waals surface area contributed by atoms with E-state index >= 15 is 0 Å². The number of aryl methyl sites for hydroxylation is 1. The molecule has 2 aromatic rings. The number of ether oxygens (including phenoxy) is 2. The van der Waals surface area contributed by atoms with Gasteiger partial charge in [-0.25, -0.2) is 0 Å². The van der Waals surface area contributed by atoms with Gasteiger partial charge in [-0.3, -0.25) is 9.59 Å². The molecule has 25 heavy (non-hydrogen) atoms. The second-order valence-electron chi connectivity index (χ2n) is 5.91. The SMILES string of the molecule is COc1ccccc1OC(=O)[C@H]1CC(=O)N(c2ccc(C)c(Cl)c2)C1. The molecule has 1 heterocycles. The van der Waals surface area contributed by atoms with Crippen LogP contribution in [0.5, 0.6) is 11.5 Å². The molecule has 1 aliphatic rings. The molecule has 0 spiro atoms. The number of para-hydroxylation sites is 2. The number of methoxy groups -OCH3 is 1. The van der Waals surface area contributed by atoms with Crippen molar-refractivity contribution < 1.29 is 19.1 Å². The third-order valence-corrected chi connectivity index (χ3v) is 4.61. The van der Waals surface area contributed by atoms with Gasteiger partial charge in [-0.2, -0.15) is 0 Å². The van der Waals surface area contributed by atoms with Crippen LogP contribution in [-0.2, 0) is 9.59 Å². The average molecular weight is 360 g/mol. The molecule has 6 heteroatoms. The summed E-state index contributed by atoms with van der Waals surface area (Å²) in [6.07, 6.45) is 0.111. The maximum atomic E-state index is 12.4. The molecule has 1 fully saturated rings. The lowest BCUT2D eigenvalue weighted by molar-refractivity contribution is -0.139. The normalized spacial score (nSPS) is 16.8. The van der Waals surface area contributed by atoms with Crippen LogP contribution < -0.4 is 14.4 Å². The van der Waals surface area contributed by atoms with Gasteiger partial charge >= 0.3 is 5.97 Å². The van der Waals surface area contributed by atoms with Crippen LogP contribution >= 0.6 is 11.6 Å². The van der Waals surface area contributed by atoms with Crippen molar-refractivity contribution in [1.29, 1.82) is 0 Å². The van der Waals surface area contributed by atoms with Crippen molar-refractivity contribution in [1.82, 2.24) is 0 Å². The highest BCUT2D eigenvalue weighted by Crippen LogP contribution is 2.31. The van der Waals surface area contributed by atoms with Crippen LogP contribution in [0.1, 0.15) is 12.0 Å². The summed E-state index contributed by atoms with van der Waals surface area (Å²) in [5.41, 5.74) is 1.62. The standard InChI is InChI=1S/C19H18ClNO4/c1-12-7-8-14(10-15(12)20)21-11-13(9-18(21)22)19(23)25-17-6-4-3-5-16(17)24-2/h3-8,10,13H,9,11H2,1-2H3/t13-/m0/s1. The van der Waals surface area contributed by atoms with E-state index in [0.29, 0.717) is 22.2 Å². The highest BCUT2D eigenvalue weighted by molar-refractivity contribution is 6.31. The number of amides is 1. The molecule has 0 aromatic heterocycles. The molecule has 0 N–H and O–H groups in total. The van der Waals surface area contributed by atoms with E-state index in [1.165, 1.54) is 7.11 Å². The first kappa shape index (κ1) is 17.3. The number of hydrogen-bond acceptors (Lipinski definition) is 4. The average Bonchev–Trinajstić information content (AvgIpc) is 3.00. The van der Waals surface area contributed by atoms with Crippen LogP contribution in [-0.4, -0.2) is 25.5 Å². The molecule has 5 nitrogen and oxygen atoms in total. The largest absolute Gasteiger partial charge is 0.493 e. The van der Waals surface area contributed by atoms with Crippen molar-refractivity contribution in [2.45, 2.75) is 13.3 Å². The summed E-state index contributed by atoms with van der Waals surface area (Å²) < 4.78 is 10.6. The van der Waals surface area contributed by atoms with Crippen molar-refractivity contribution in [3.63, 3.8) is 0 Å². The van der Waals surface area contributed by atoms with E-state index in [0.717, 1.165) is 5.56 Å². The molecular weight excluding hydrogens is 342 g/mol. The Morgan fingerprint density at radius 3 is 2.60 bits per heavy atom. The summed E-state index contributed by atoms with van der Waals surface area (Å²) in [5.74, 6) is -0.278. The van der Waals surface area contributed by atoms with Gasteiger partial charge in [0.1, 0.15) is 0 Å². The third kappa shape index (κ3) is 3.61. The monoisotopic (exact) mass is 359 g/mol. The lowest BCUT2D eigenvalue weighted by Crippen LogP contribution is -2.27. The molecule has 1 saturated heterocycles. The van der Waals surface area contributed by atoms with E-state index in [9.17, 15) is 9.59 Å². The molecule has 0 radical (unpaired) electrons. The van der Waals surface area contributed by atoms with Gasteiger partial charge in [0, 0.05) is 23.7 Å². The Kier molecular flexibility index (Phi) is 4.95. The van der Waals surface area contributed by atoms with Gasteiger partial charge in [0.15, 0.2) is 11.5 Å². The highest BCUT2D eigenvalue weighted by atomic mass is 35.5. The van der Waals surface area contributed by atoms with Crippen LogP contribution in [0.2, 0.25) is 5.02 Å². The van der Waals surface area contributed by atoms with Crippen molar-refractivity contribution in [2.24, 2.45) is 5.92 Å². The number of anilines is 1. The van der Waals surface area contributed by atoms with Crippen LogP contribution in [0.3, 0.4) is 0 Å². The topological polar surface area (TPSA) is 55.8 Å². The highest BCUT2D eigenvalue weighted by Gasteiger charge is 2.36. The summed E-state index contributed by atoms with van der Waals surface area (Å²) >= 11 is 6.14. The maximum Gasteiger partial charge on any atom is 0.316 e. The second kappa shape index (κ2) is 7.15. The predicted octanol–water partition coefficient (Wildman–Crippen LogP) is 3.62. The first-order valence-corrected chi connectivity index (χ1v) is 8.28. The van der Waals surface area contributed by atoms with Crippen molar-refractivity contribution >= 4 is 29.2 Å². The van der Waals surface area contributed by atoms with Gasteiger partial charge in [-0.05, 0) is 36.8 Å². The summed E-state index contributed by atoms with van der Waals surface area (Å²) in [7, 11) is 1.51. The van der Waals surface area contributed by atoms with Crippen LogP contribution in [0.25, 0.3) is 0 Å². The van der Waals surface area contributed by atoms with Gasteiger partial charge in [0.2, 0.25) is 5.91 Å². The van der Waals surface area contributed by atoms with Gasteiger partial charge in [-0.1, -0.05) is 29.8 Å². The minimum Gasteiger partial charge on any atom is -0.493 e. The molecule has 1 aliphatic heterocycles. The second-order valence-corrected chi connectivity index (χ2v) is 6.32. The van der Waals surface area contributed by atoms with Gasteiger partial charge in [0.05, 0.1) is 13.0 Å². The van der Waals surface area contributed by atoms with E-state index < -0.39 is 11.9 Å². The van der Waals surface area contributed by atoms with Crippen LogP contribution in [0.15, 0.2) is 42.5 Å². The van der Waals surface area contributed by atoms with Gasteiger partial charge < -0.3 is 14.4 Å². The number of esters is 1. The Morgan fingerprint density at radius 1 is 1.20 bits per heavy atom. The zero-order chi connectivity index (χ0) is 18.0. The molecule has 1 atom stereocenters. The number of carbonyl (C=O) groups excluding carboxylic acids is 2. The minimum absolute atomic E-state index is 0.111. The zero-order valence-electron chi connectivity index (χ0n) is 14.0. The molecule has 0 aliphatic carbocycles. The molecule has 0 unspecified atom stereocenters. The molecule has 0 bridgehead atoms. The Labute approximate surface area is 151 Å². The van der Waals surface area contributed by atoms with Gasteiger partial charge in [-0.15, -0.1) is 0 Å². The summed E-state index contributed by atoms with van der Waals surface area (Å²) in [4.78, 5) is 26.3. The maximum absolute atomic E-state index is 12.4. The smallest absolute Gasteiger partial charge is 0.316 e. The first-order valence-electron chi connectivity index (χ1n) is 7.91. The number of nitrogens with zero attached hydrogens (tertiary/aromatic N) is 1. The van der Waals surface area contributed by atoms with E-state index in [-0.39, 0.29) is 18.9 Å². The quantitative estimate of drug-likeness (QED) is 0.618. The number of halogens is 1. The fourth-order valence-corrected chi connectivity index (χ4v) is 2.93. The lowest BCUT2D eigenvalue weighted by Gasteiger charge is -2.17. The number of rotatable bonds is 4. The predicted molar refractivity (Wildman–Crippen MR) is 95.3 cm³/mol. The molecular formula is C19H18ClNO4. The van der Waals surface area contributed by atoms with E-state index in [4.69, 9.17) is 21.1 Å². The first-order chi connectivity index (χ1) is 12.0. The minimum atomic E-state index is -0.530. The summed E-state index contributed by atoms with van der Waals surface area (Å²) in [5, 5.41) is 0.588. The van der Waals surface area contributed by atoms with E-state index in [1.807, 2.05) is 19.1 Å². The third-order valence-electron chi connectivity index (χ3n) is 4.21. The van der Waals surface area contributed by atoms with E-state index in [2.05, 4.69) is 0 Å². The fourth-order valence-electron chi connectivity index (χ4n) is 2.76. The molecule has 2 aromatic carbocycles. The molecule has 1 amide bonds. The Balaban J connectivity index is 1.73. The summed E-state index contributed by atoms with van der Waals surface area (Å²) in [6.45, 7) is 2.16. The van der Waals surface area contributed by atoms with Crippen molar-refractivity contribution in [3.8, 4) is 11.5 Å². The molecule has 0 saturated carbocycles. The Hall–Kier alpha value is -2.53. The van der Waals surface area contributed by atoms with Crippen LogP contribution in [0.4, 0.5) is 5.69 Å². The lowest BCUT2D eigenvalue weighted by atomic mass is 10.1. The van der Waals surface area contributed by atoms with E-state index in [1.54, 1.807) is 35.2 Å². The molecule has 130 valence electrons. The van der Waals surface area contributed by atoms with Crippen LogP contribution in [0, 0.1) is 12.8 Å². The number of carbonyl (C=O) groups is 2. The number of hydrogen-bond donors (Lipinski definition) is 0. The fraction of sp³-hybridized carbons (Fsp3) is 0.263. The zero-order valence-corrected chi connectivity index (χ0v) is 14.7. The molecule has 3 rings (SSSR count). The summed E-state index contributed by atoms with van der Waals surface area (Å²) in [6, 6.07) is 12.3. The van der Waals surface area contributed by atoms with Gasteiger partial charge in [0.25, 0.3) is 0 Å². The number of benzene rings is 2. The van der Waals surface area contributed by atoms with Crippen molar-refractivity contribution in [3.05, 3.63) is 53.1 Å². The van der Waals surface area contributed by atoms with Crippen molar-refractivity contribution in [2.75, 3.05) is 18.6 Å². The Bertz CT molecular complexity index is 821.